The molecule has 1 unspecified atom stereocenters. The lowest BCUT2D eigenvalue weighted by Crippen LogP contribution is -2.73. The van der Waals surface area contributed by atoms with E-state index >= 15 is 0 Å². The summed E-state index contributed by atoms with van der Waals surface area (Å²) < 4.78 is 23.7. The second-order valence-corrected chi connectivity index (χ2v) is 12.4. The van der Waals surface area contributed by atoms with Crippen molar-refractivity contribution < 1.29 is 13.2 Å². The molecule has 3 rings (SSSR count). The van der Waals surface area contributed by atoms with Crippen LogP contribution in [0.2, 0.25) is 5.02 Å². The standard InChI is InChI=1S/C19H13Cl7N2O3S/c1-10-3-2-4-12(9-10)27-18(28-32(30,31)13-7-5-11(20)6-8-13)15(22)14(21)16(29)17(23,24)19(18,25)26/h2-9,27-28H,1H3. The third-order valence-electron chi connectivity index (χ3n) is 4.63. The summed E-state index contributed by atoms with van der Waals surface area (Å²) in [5, 5.41) is 1.96. The van der Waals surface area contributed by atoms with E-state index in [0.717, 1.165) is 5.56 Å². The molecule has 2 N–H and O–H groups in total. The largest absolute Gasteiger partial charge is 0.359 e. The van der Waals surface area contributed by atoms with Gasteiger partial charge in [-0.25, -0.2) is 8.42 Å². The van der Waals surface area contributed by atoms with Crippen molar-refractivity contribution >= 4 is 103 Å². The fourth-order valence-corrected chi connectivity index (χ4v) is 6.44. The van der Waals surface area contributed by atoms with E-state index in [1.807, 2.05) is 0 Å². The SMILES string of the molecule is Cc1cccc(NC2(NS(=O)(=O)c3ccc(Cl)cc3)C(Cl)=C(Cl)C(=O)C(Cl)(Cl)C2(Cl)Cl)c1. The Morgan fingerprint density at radius 1 is 0.906 bits per heavy atom. The molecule has 5 nitrogen and oxygen atoms in total. The van der Waals surface area contributed by atoms with Crippen LogP contribution in [0.1, 0.15) is 5.56 Å². The number of hydrogen-bond donors (Lipinski definition) is 2. The molecule has 2 aromatic carbocycles. The van der Waals surface area contributed by atoms with E-state index < -0.39 is 40.2 Å². The van der Waals surface area contributed by atoms with Gasteiger partial charge in [-0.05, 0) is 48.9 Å². The average molecular weight is 598 g/mol. The number of alkyl halides is 4. The molecule has 0 aromatic heterocycles. The van der Waals surface area contributed by atoms with Gasteiger partial charge in [0.15, 0.2) is 5.66 Å². The Morgan fingerprint density at radius 3 is 2.06 bits per heavy atom. The Labute approximate surface area is 219 Å². The molecule has 0 amide bonds. The van der Waals surface area contributed by atoms with Gasteiger partial charge in [-0.15, -0.1) is 0 Å². The molecule has 2 aromatic rings. The fourth-order valence-electron chi connectivity index (χ4n) is 3.00. The Morgan fingerprint density at radius 2 is 1.50 bits per heavy atom. The molecule has 0 spiro atoms. The number of benzene rings is 2. The average Bonchev–Trinajstić information content (AvgIpc) is 2.70. The quantitative estimate of drug-likeness (QED) is 0.311. The zero-order valence-electron chi connectivity index (χ0n) is 15.9. The number of carbonyl (C=O) groups is 1. The van der Waals surface area contributed by atoms with Crippen molar-refractivity contribution in [3.05, 3.63) is 69.2 Å². The number of carbonyl (C=O) groups excluding carboxylic acids is 1. The van der Waals surface area contributed by atoms with Crippen LogP contribution >= 0.6 is 81.2 Å². The van der Waals surface area contributed by atoms with Crippen LogP contribution < -0.4 is 10.0 Å². The van der Waals surface area contributed by atoms with Crippen molar-refractivity contribution in [2.75, 3.05) is 5.32 Å². The van der Waals surface area contributed by atoms with E-state index in [4.69, 9.17) is 81.2 Å². The molecule has 0 aliphatic heterocycles. The highest BCUT2D eigenvalue weighted by atomic mass is 35.5. The first-order chi connectivity index (χ1) is 14.7. The zero-order chi connectivity index (χ0) is 24.1. The summed E-state index contributed by atoms with van der Waals surface area (Å²) >= 11 is 44.0. The highest BCUT2D eigenvalue weighted by Crippen LogP contribution is 2.58. The van der Waals surface area contributed by atoms with Gasteiger partial charge in [-0.1, -0.05) is 93.3 Å². The maximum atomic E-state index is 13.3. The summed E-state index contributed by atoms with van der Waals surface area (Å²) in [6, 6.07) is 12.0. The summed E-state index contributed by atoms with van der Waals surface area (Å²) in [5.74, 6) is -1.09. The van der Waals surface area contributed by atoms with E-state index in [0.29, 0.717) is 10.7 Å². The van der Waals surface area contributed by atoms with Gasteiger partial charge in [0.05, 0.1) is 9.93 Å². The highest BCUT2D eigenvalue weighted by molar-refractivity contribution is 7.89. The number of allylic oxidation sites excluding steroid dienone is 1. The number of ketones is 1. The molecule has 32 heavy (non-hydrogen) atoms. The molecule has 1 atom stereocenters. The van der Waals surface area contributed by atoms with E-state index in [-0.39, 0.29) is 4.90 Å². The smallest absolute Gasteiger partial charge is 0.242 e. The van der Waals surface area contributed by atoms with Crippen molar-refractivity contribution in [1.29, 1.82) is 0 Å². The van der Waals surface area contributed by atoms with Crippen LogP contribution in [0.15, 0.2) is 63.5 Å². The molecule has 1 aliphatic carbocycles. The van der Waals surface area contributed by atoms with Gasteiger partial charge in [0.1, 0.15) is 5.03 Å². The molecule has 1 aliphatic rings. The Hall–Kier alpha value is -0.410. The van der Waals surface area contributed by atoms with E-state index in [1.54, 1.807) is 31.2 Å². The van der Waals surface area contributed by atoms with E-state index in [9.17, 15) is 13.2 Å². The molecular formula is C19H13Cl7N2O3S. The number of halogens is 7. The Kier molecular flexibility index (Phi) is 7.36. The number of hydrogen-bond acceptors (Lipinski definition) is 4. The second-order valence-electron chi connectivity index (χ2n) is 6.91. The highest BCUT2D eigenvalue weighted by Gasteiger charge is 2.71. The van der Waals surface area contributed by atoms with Gasteiger partial charge < -0.3 is 5.32 Å². The zero-order valence-corrected chi connectivity index (χ0v) is 22.0. The van der Waals surface area contributed by atoms with Gasteiger partial charge in [0.25, 0.3) is 0 Å². The van der Waals surface area contributed by atoms with Crippen molar-refractivity contribution in [2.45, 2.75) is 26.1 Å². The lowest BCUT2D eigenvalue weighted by molar-refractivity contribution is -0.116. The minimum atomic E-state index is -4.41. The van der Waals surface area contributed by atoms with Crippen molar-refractivity contribution in [2.24, 2.45) is 0 Å². The van der Waals surface area contributed by atoms with Crippen LogP contribution in [0.25, 0.3) is 0 Å². The first kappa shape index (κ1) is 26.2. The van der Waals surface area contributed by atoms with E-state index in [2.05, 4.69) is 10.0 Å². The first-order valence-electron chi connectivity index (χ1n) is 8.66. The normalized spacial score (nSPS) is 22.7. The summed E-state index contributed by atoms with van der Waals surface area (Å²) in [4.78, 5) is 12.4. The number of anilines is 1. The maximum absolute atomic E-state index is 13.3. The van der Waals surface area contributed by atoms with Crippen LogP contribution in [0, 0.1) is 6.92 Å². The van der Waals surface area contributed by atoms with Crippen LogP contribution in [-0.4, -0.2) is 28.5 Å². The fraction of sp³-hybridized carbons (Fsp3) is 0.211. The van der Waals surface area contributed by atoms with Gasteiger partial charge in [-0.2, -0.15) is 4.72 Å². The number of sulfonamides is 1. The summed E-state index contributed by atoms with van der Waals surface area (Å²) in [5.41, 5.74) is -1.23. The van der Waals surface area contributed by atoms with Crippen LogP contribution in [0.4, 0.5) is 5.69 Å². The number of nitrogens with one attached hydrogen (secondary N) is 2. The molecule has 0 saturated carbocycles. The molecule has 13 heteroatoms. The second kappa shape index (κ2) is 8.99. The van der Waals surface area contributed by atoms with Gasteiger partial charge in [0, 0.05) is 10.7 Å². The molecule has 0 saturated heterocycles. The van der Waals surface area contributed by atoms with Crippen LogP contribution in [0.5, 0.6) is 0 Å². The summed E-state index contributed by atoms with van der Waals surface area (Å²) in [6.07, 6.45) is 0. The number of rotatable bonds is 5. The van der Waals surface area contributed by atoms with Crippen molar-refractivity contribution in [1.82, 2.24) is 4.72 Å². The Bertz CT molecular complexity index is 1210. The summed E-state index contributed by atoms with van der Waals surface area (Å²) in [6.45, 7) is 1.80. The lowest BCUT2D eigenvalue weighted by atomic mass is 9.92. The molecule has 172 valence electrons. The minimum Gasteiger partial charge on any atom is -0.359 e. The van der Waals surface area contributed by atoms with Gasteiger partial charge in [0.2, 0.25) is 24.5 Å². The van der Waals surface area contributed by atoms with Crippen molar-refractivity contribution in [3.63, 3.8) is 0 Å². The summed E-state index contributed by atoms with van der Waals surface area (Å²) in [7, 11) is -4.41. The predicted octanol–water partition coefficient (Wildman–Crippen LogP) is 6.35. The monoisotopic (exact) mass is 594 g/mol. The molecule has 0 heterocycles. The van der Waals surface area contributed by atoms with Crippen LogP contribution in [-0.2, 0) is 14.8 Å². The molecule has 0 bridgehead atoms. The topological polar surface area (TPSA) is 75.3 Å². The Balaban J connectivity index is 2.29. The van der Waals surface area contributed by atoms with Crippen LogP contribution in [0.3, 0.4) is 0 Å². The third-order valence-corrected chi connectivity index (χ3v) is 9.71. The predicted molar refractivity (Wildman–Crippen MR) is 132 cm³/mol. The number of aryl methyl sites for hydroxylation is 1. The number of Topliss-reactive ketones (excluding diaryl/α,β-unsaturated/α-hetero) is 1. The molecule has 0 fully saturated rings. The van der Waals surface area contributed by atoms with Gasteiger partial charge in [-0.3, -0.25) is 4.79 Å². The minimum absolute atomic E-state index is 0.205. The third kappa shape index (κ3) is 4.35. The maximum Gasteiger partial charge on any atom is 0.242 e. The molecular weight excluding hydrogens is 584 g/mol. The first-order valence-corrected chi connectivity index (χ1v) is 12.8. The van der Waals surface area contributed by atoms with Gasteiger partial charge >= 0.3 is 0 Å². The molecule has 0 radical (unpaired) electrons. The lowest BCUT2D eigenvalue weighted by Gasteiger charge is -2.50. The van der Waals surface area contributed by atoms with E-state index in [1.165, 1.54) is 24.3 Å². The van der Waals surface area contributed by atoms with Crippen molar-refractivity contribution in [3.8, 4) is 0 Å².